The Bertz CT molecular complexity index is 1130. The zero-order chi connectivity index (χ0) is 29.3. The Morgan fingerprint density at radius 3 is 2.02 bits per heavy atom. The molecule has 0 radical (unpaired) electrons. The van der Waals surface area contributed by atoms with Crippen molar-refractivity contribution in [2.24, 2.45) is 5.92 Å². The van der Waals surface area contributed by atoms with Gasteiger partial charge in [-0.05, 0) is 60.9 Å². The van der Waals surface area contributed by atoms with Crippen LogP contribution >= 0.6 is 11.6 Å². The van der Waals surface area contributed by atoms with Gasteiger partial charge in [-0.1, -0.05) is 90.1 Å². The van der Waals surface area contributed by atoms with Crippen molar-refractivity contribution < 1.29 is 23.4 Å². The minimum absolute atomic E-state index is 0.0746. The molecule has 1 heterocycles. The molecule has 0 fully saturated rings. The largest absolute Gasteiger partial charge is 0.494 e. The molecule has 224 valence electrons. The first-order valence-corrected chi connectivity index (χ1v) is 15.6. The van der Waals surface area contributed by atoms with Crippen LogP contribution in [0.5, 0.6) is 17.6 Å². The molecule has 0 N–H and O–H groups in total. The second-order valence-electron chi connectivity index (χ2n) is 10.6. The van der Waals surface area contributed by atoms with Crippen LogP contribution in [0.15, 0.2) is 52.9 Å². The van der Waals surface area contributed by atoms with E-state index in [0.717, 1.165) is 18.6 Å². The van der Waals surface area contributed by atoms with Crippen molar-refractivity contribution in [1.29, 1.82) is 0 Å². The summed E-state index contributed by atoms with van der Waals surface area (Å²) in [5, 5.41) is 7.78. The molecule has 0 bridgehead atoms. The first-order chi connectivity index (χ1) is 20.0. The number of benzene rings is 2. The number of carbonyl (C=O) groups is 1. The monoisotopic (exact) mass is 584 g/mol. The molecule has 0 aliphatic rings. The van der Waals surface area contributed by atoms with Crippen molar-refractivity contribution in [3.05, 3.63) is 54.1 Å². The van der Waals surface area contributed by atoms with E-state index < -0.39 is 5.97 Å². The second kappa shape index (κ2) is 18.4. The molecular weight excluding hydrogens is 540 g/mol. The van der Waals surface area contributed by atoms with Gasteiger partial charge in [0.05, 0.1) is 17.5 Å². The summed E-state index contributed by atoms with van der Waals surface area (Å²) in [6.07, 6.45) is 13.7. The molecule has 2 atom stereocenters. The van der Waals surface area contributed by atoms with Crippen LogP contribution in [0.1, 0.15) is 102 Å². The average Bonchev–Trinajstić information content (AvgIpc) is 3.47. The summed E-state index contributed by atoms with van der Waals surface area (Å²) >= 11 is 6.34. The fourth-order valence-electron chi connectivity index (χ4n) is 4.26. The van der Waals surface area contributed by atoms with Crippen LogP contribution < -0.4 is 14.2 Å². The van der Waals surface area contributed by atoms with Crippen LogP contribution in [-0.4, -0.2) is 34.8 Å². The Kier molecular flexibility index (Phi) is 14.6. The Labute approximate surface area is 249 Å². The zero-order valence-electron chi connectivity index (χ0n) is 24.8. The summed E-state index contributed by atoms with van der Waals surface area (Å²) in [5.74, 6) is 1.44. The number of nitrogens with zero attached hydrogens (tertiary/aromatic N) is 2. The molecule has 0 unspecified atom stereocenters. The lowest BCUT2D eigenvalue weighted by atomic mass is 10.1. The third kappa shape index (κ3) is 11.8. The molecule has 0 saturated carbocycles. The number of aromatic nitrogens is 2. The summed E-state index contributed by atoms with van der Waals surface area (Å²) in [5.41, 5.74) is 1.05. The lowest BCUT2D eigenvalue weighted by Crippen LogP contribution is -2.19. The third-order valence-corrected chi connectivity index (χ3v) is 7.77. The van der Waals surface area contributed by atoms with Gasteiger partial charge in [0.15, 0.2) is 0 Å². The molecule has 0 spiro atoms. The average molecular weight is 585 g/mol. The molecule has 0 saturated heterocycles. The van der Waals surface area contributed by atoms with Crippen molar-refractivity contribution in [3.8, 4) is 29.0 Å². The maximum atomic E-state index is 12.5. The minimum atomic E-state index is -0.600. The van der Waals surface area contributed by atoms with Gasteiger partial charge in [-0.25, -0.2) is 4.79 Å². The Balaban J connectivity index is 1.36. The molecular formula is C33H45ClN2O5. The fourth-order valence-corrected chi connectivity index (χ4v) is 4.50. The highest BCUT2D eigenvalue weighted by Crippen LogP contribution is 2.25. The highest BCUT2D eigenvalue weighted by molar-refractivity contribution is 6.20. The van der Waals surface area contributed by atoms with Gasteiger partial charge >= 0.3 is 12.0 Å². The maximum Gasteiger partial charge on any atom is 0.423 e. The standard InChI is InChI=1S/C33H45ClN2O5/c1-4-6-7-8-9-10-11-12-13-14-23-38-28-19-15-26(16-20-28)31-35-36-33(40-31)41-32(37)27-17-21-29(22-18-27)39-24-30(34)25(3)5-2/h15-22,25,30H,4-14,23-24H2,1-3H3/t25-,30+/m0/s1. The van der Waals surface area contributed by atoms with E-state index >= 15 is 0 Å². The van der Waals surface area contributed by atoms with Crippen molar-refractivity contribution >= 4 is 17.6 Å². The van der Waals surface area contributed by atoms with Gasteiger partial charge in [-0.3, -0.25) is 0 Å². The quantitative estimate of drug-likeness (QED) is 0.0743. The van der Waals surface area contributed by atoms with E-state index in [2.05, 4.69) is 31.0 Å². The number of halogens is 1. The first-order valence-electron chi connectivity index (χ1n) is 15.2. The number of rotatable bonds is 20. The zero-order valence-corrected chi connectivity index (χ0v) is 25.5. The molecule has 0 aliphatic carbocycles. The van der Waals surface area contributed by atoms with Crippen molar-refractivity contribution in [2.45, 2.75) is 96.8 Å². The summed E-state index contributed by atoms with van der Waals surface area (Å²) < 4.78 is 22.4. The molecule has 7 nitrogen and oxygen atoms in total. The number of hydrogen-bond donors (Lipinski definition) is 0. The van der Waals surface area contributed by atoms with E-state index in [1.54, 1.807) is 24.3 Å². The van der Waals surface area contributed by atoms with Gasteiger partial charge in [0.1, 0.15) is 18.1 Å². The Morgan fingerprint density at radius 1 is 0.805 bits per heavy atom. The van der Waals surface area contributed by atoms with Crippen LogP contribution in [0.4, 0.5) is 0 Å². The molecule has 41 heavy (non-hydrogen) atoms. The summed E-state index contributed by atoms with van der Waals surface area (Å²) in [6, 6.07) is 14.1. The van der Waals surface area contributed by atoms with Gasteiger partial charge < -0.3 is 18.6 Å². The third-order valence-electron chi connectivity index (χ3n) is 7.21. The normalized spacial score (nSPS) is 12.6. The summed E-state index contributed by atoms with van der Waals surface area (Å²) in [6.45, 7) is 7.55. The number of hydrogen-bond acceptors (Lipinski definition) is 7. The predicted octanol–water partition coefficient (Wildman–Crippen LogP) is 9.29. The van der Waals surface area contributed by atoms with Crippen LogP contribution in [0.25, 0.3) is 11.5 Å². The number of carbonyl (C=O) groups excluding carboxylic acids is 1. The lowest BCUT2D eigenvalue weighted by molar-refractivity contribution is 0.0684. The molecule has 1 aromatic heterocycles. The maximum absolute atomic E-state index is 12.5. The molecule has 0 aliphatic heterocycles. The highest BCUT2D eigenvalue weighted by Gasteiger charge is 2.17. The number of ether oxygens (including phenoxy) is 3. The van der Waals surface area contributed by atoms with Crippen molar-refractivity contribution in [1.82, 2.24) is 10.2 Å². The summed E-state index contributed by atoms with van der Waals surface area (Å²) in [4.78, 5) is 12.5. The SMILES string of the molecule is CCCCCCCCCCCCOc1ccc(-c2nnc(OC(=O)c3ccc(OC[C@@H](Cl)[C@@H](C)CC)cc3)o2)cc1. The van der Waals surface area contributed by atoms with Crippen molar-refractivity contribution in [3.63, 3.8) is 0 Å². The van der Waals surface area contributed by atoms with Gasteiger partial charge in [0, 0.05) is 5.56 Å². The number of esters is 1. The molecule has 3 rings (SSSR count). The summed E-state index contributed by atoms with van der Waals surface area (Å²) in [7, 11) is 0. The number of alkyl halides is 1. The predicted molar refractivity (Wildman–Crippen MR) is 163 cm³/mol. The van der Waals surface area contributed by atoms with E-state index in [4.69, 9.17) is 30.2 Å². The number of unbranched alkanes of at least 4 members (excludes halogenated alkanes) is 9. The minimum Gasteiger partial charge on any atom is -0.494 e. The molecule has 0 amide bonds. The lowest BCUT2D eigenvalue weighted by Gasteiger charge is -2.16. The van der Waals surface area contributed by atoms with Gasteiger partial charge in [-0.2, -0.15) is 0 Å². The Hall–Kier alpha value is -3.06. The van der Waals surface area contributed by atoms with Gasteiger partial charge in [-0.15, -0.1) is 16.7 Å². The van der Waals surface area contributed by atoms with Crippen LogP contribution in [0.3, 0.4) is 0 Å². The van der Waals surface area contributed by atoms with Crippen LogP contribution in [-0.2, 0) is 0 Å². The van der Waals surface area contributed by atoms with Crippen LogP contribution in [0, 0.1) is 5.92 Å². The molecule has 8 heteroatoms. The van der Waals surface area contributed by atoms with Crippen molar-refractivity contribution in [2.75, 3.05) is 13.2 Å². The second-order valence-corrected chi connectivity index (χ2v) is 11.1. The Morgan fingerprint density at radius 2 is 1.39 bits per heavy atom. The first kappa shape index (κ1) is 32.5. The van der Waals surface area contributed by atoms with E-state index in [9.17, 15) is 4.79 Å². The van der Waals surface area contributed by atoms with E-state index in [-0.39, 0.29) is 17.3 Å². The van der Waals surface area contributed by atoms with Gasteiger partial charge in [0.2, 0.25) is 0 Å². The van der Waals surface area contributed by atoms with Crippen LogP contribution in [0.2, 0.25) is 0 Å². The van der Waals surface area contributed by atoms with E-state index in [0.29, 0.717) is 36.0 Å². The van der Waals surface area contributed by atoms with E-state index in [1.807, 2.05) is 24.3 Å². The van der Waals surface area contributed by atoms with E-state index in [1.165, 1.54) is 57.8 Å². The topological polar surface area (TPSA) is 83.7 Å². The fraction of sp³-hybridized carbons (Fsp3) is 0.545. The molecule has 3 aromatic rings. The molecule has 2 aromatic carbocycles. The highest BCUT2D eigenvalue weighted by atomic mass is 35.5. The smallest absolute Gasteiger partial charge is 0.423 e. The van der Waals surface area contributed by atoms with Gasteiger partial charge in [0.25, 0.3) is 5.89 Å².